The number of aryl methyl sites for hydroxylation is 1. The van der Waals surface area contributed by atoms with E-state index in [4.69, 9.17) is 13.9 Å². The van der Waals surface area contributed by atoms with Gasteiger partial charge in [-0.2, -0.15) is 0 Å². The van der Waals surface area contributed by atoms with Crippen molar-refractivity contribution in [2.24, 2.45) is 0 Å². The number of rotatable bonds is 3. The summed E-state index contributed by atoms with van der Waals surface area (Å²) < 4.78 is 17.8. The van der Waals surface area contributed by atoms with Crippen molar-refractivity contribution in [2.45, 2.75) is 13.0 Å². The fraction of sp³-hybridized carbons (Fsp3) is 0.250. The lowest BCUT2D eigenvalue weighted by molar-refractivity contribution is 0.0144. The molecular formula is C20H19NO4. The van der Waals surface area contributed by atoms with E-state index >= 15 is 0 Å². The van der Waals surface area contributed by atoms with Crippen molar-refractivity contribution in [3.63, 3.8) is 0 Å². The highest BCUT2D eigenvalue weighted by molar-refractivity contribution is 5.82. The lowest BCUT2D eigenvalue weighted by Crippen LogP contribution is -2.33. The third-order valence-corrected chi connectivity index (χ3v) is 4.30. The molecule has 0 spiro atoms. The molecule has 0 radical (unpaired) electrons. The molecule has 1 atom stereocenters. The summed E-state index contributed by atoms with van der Waals surface area (Å²) in [5.41, 5.74) is 1.36. The summed E-state index contributed by atoms with van der Waals surface area (Å²) >= 11 is 0. The molecule has 1 aromatic heterocycles. The molecule has 2 aromatic carbocycles. The van der Waals surface area contributed by atoms with E-state index < -0.39 is 0 Å². The van der Waals surface area contributed by atoms with Crippen molar-refractivity contribution >= 4 is 11.0 Å². The van der Waals surface area contributed by atoms with Crippen molar-refractivity contribution in [2.75, 3.05) is 19.7 Å². The summed E-state index contributed by atoms with van der Waals surface area (Å²) in [6.45, 7) is 3.99. The fourth-order valence-corrected chi connectivity index (χ4v) is 2.95. The first-order valence-corrected chi connectivity index (χ1v) is 8.35. The van der Waals surface area contributed by atoms with Crippen LogP contribution in [0.3, 0.4) is 0 Å². The lowest BCUT2D eigenvalue weighted by atomic mass is 10.1. The number of morpholine rings is 1. The summed E-state index contributed by atoms with van der Waals surface area (Å²) in [5, 5.41) is 3.74. The molecule has 2 heterocycles. The minimum atomic E-state index is -0.266. The fourth-order valence-electron chi connectivity index (χ4n) is 2.95. The van der Waals surface area contributed by atoms with Gasteiger partial charge in [0.15, 0.2) is 16.8 Å². The van der Waals surface area contributed by atoms with Gasteiger partial charge in [-0.25, -0.2) is 0 Å². The first-order valence-electron chi connectivity index (χ1n) is 8.35. The van der Waals surface area contributed by atoms with Gasteiger partial charge < -0.3 is 19.2 Å². The zero-order chi connectivity index (χ0) is 17.2. The topological polar surface area (TPSA) is 60.7 Å². The summed E-state index contributed by atoms with van der Waals surface area (Å²) in [6, 6.07) is 14.6. The van der Waals surface area contributed by atoms with Gasteiger partial charge in [0.2, 0.25) is 0 Å². The normalized spacial score (nSPS) is 17.6. The van der Waals surface area contributed by atoms with E-state index in [1.807, 2.05) is 37.3 Å². The van der Waals surface area contributed by atoms with Gasteiger partial charge in [0, 0.05) is 19.2 Å². The number of benzene rings is 2. The van der Waals surface area contributed by atoms with Crippen LogP contribution in [-0.2, 0) is 4.74 Å². The maximum atomic E-state index is 12.5. The van der Waals surface area contributed by atoms with Gasteiger partial charge in [-0.15, -0.1) is 0 Å². The van der Waals surface area contributed by atoms with Crippen LogP contribution in [0.5, 0.6) is 11.5 Å². The number of nitrogens with one attached hydrogen (secondary N) is 1. The summed E-state index contributed by atoms with van der Waals surface area (Å²) in [7, 11) is 0. The average molecular weight is 337 g/mol. The van der Waals surface area contributed by atoms with Crippen LogP contribution < -0.4 is 15.5 Å². The van der Waals surface area contributed by atoms with Gasteiger partial charge in [-0.3, -0.25) is 4.79 Å². The van der Waals surface area contributed by atoms with Gasteiger partial charge in [-0.05, 0) is 30.7 Å². The Morgan fingerprint density at radius 2 is 1.96 bits per heavy atom. The highest BCUT2D eigenvalue weighted by Crippen LogP contribution is 2.32. The van der Waals surface area contributed by atoms with Crippen LogP contribution >= 0.6 is 0 Å². The molecule has 0 saturated carbocycles. The van der Waals surface area contributed by atoms with Gasteiger partial charge >= 0.3 is 0 Å². The van der Waals surface area contributed by atoms with Crippen LogP contribution in [0.15, 0.2) is 57.7 Å². The SMILES string of the molecule is Cc1ccccc1Oc1cccc2c(=O)cc(C3CNCCO3)oc12. The van der Waals surface area contributed by atoms with Crippen molar-refractivity contribution in [3.05, 3.63) is 70.1 Å². The Bertz CT molecular complexity index is 957. The number of fused-ring (bicyclic) bond motifs is 1. The lowest BCUT2D eigenvalue weighted by Gasteiger charge is -2.23. The summed E-state index contributed by atoms with van der Waals surface area (Å²) in [6.07, 6.45) is -0.266. The van der Waals surface area contributed by atoms with E-state index in [9.17, 15) is 4.79 Å². The molecule has 1 saturated heterocycles. The Kier molecular flexibility index (Phi) is 4.26. The molecule has 3 aromatic rings. The molecule has 0 bridgehead atoms. The number of hydrogen-bond donors (Lipinski definition) is 1. The highest BCUT2D eigenvalue weighted by Gasteiger charge is 2.21. The summed E-state index contributed by atoms with van der Waals surface area (Å²) in [4.78, 5) is 12.5. The van der Waals surface area contributed by atoms with E-state index in [1.165, 1.54) is 6.07 Å². The Morgan fingerprint density at radius 3 is 2.76 bits per heavy atom. The number of hydrogen-bond acceptors (Lipinski definition) is 5. The van der Waals surface area contributed by atoms with Crippen LogP contribution in [0.4, 0.5) is 0 Å². The second kappa shape index (κ2) is 6.70. The Labute approximate surface area is 145 Å². The predicted octanol–water partition coefficient (Wildman–Crippen LogP) is 3.55. The molecule has 4 rings (SSSR count). The molecule has 0 amide bonds. The third kappa shape index (κ3) is 3.16. The Hall–Kier alpha value is -2.63. The zero-order valence-electron chi connectivity index (χ0n) is 14.0. The van der Waals surface area contributed by atoms with E-state index in [1.54, 1.807) is 12.1 Å². The zero-order valence-corrected chi connectivity index (χ0v) is 14.0. The molecule has 5 heteroatoms. The molecule has 1 aliphatic heterocycles. The predicted molar refractivity (Wildman–Crippen MR) is 95.3 cm³/mol. The van der Waals surface area contributed by atoms with Crippen LogP contribution in [0.1, 0.15) is 17.4 Å². The molecular weight excluding hydrogens is 318 g/mol. The minimum Gasteiger partial charge on any atom is -0.454 e. The molecule has 5 nitrogen and oxygen atoms in total. The number of para-hydroxylation sites is 2. The van der Waals surface area contributed by atoms with Gasteiger partial charge in [0.1, 0.15) is 17.6 Å². The van der Waals surface area contributed by atoms with Crippen LogP contribution in [0, 0.1) is 6.92 Å². The smallest absolute Gasteiger partial charge is 0.193 e. The van der Waals surface area contributed by atoms with E-state index in [0.717, 1.165) is 17.9 Å². The monoisotopic (exact) mass is 337 g/mol. The van der Waals surface area contributed by atoms with E-state index in [0.29, 0.717) is 35.6 Å². The van der Waals surface area contributed by atoms with Crippen LogP contribution in [-0.4, -0.2) is 19.7 Å². The van der Waals surface area contributed by atoms with Crippen LogP contribution in [0.2, 0.25) is 0 Å². The molecule has 128 valence electrons. The van der Waals surface area contributed by atoms with E-state index in [-0.39, 0.29) is 11.5 Å². The van der Waals surface area contributed by atoms with Crippen molar-refractivity contribution in [1.29, 1.82) is 0 Å². The first-order chi connectivity index (χ1) is 12.2. The van der Waals surface area contributed by atoms with Gasteiger partial charge in [-0.1, -0.05) is 24.3 Å². The molecule has 1 aliphatic rings. The van der Waals surface area contributed by atoms with Crippen LogP contribution in [0.25, 0.3) is 11.0 Å². The molecule has 1 unspecified atom stereocenters. The minimum absolute atomic E-state index is 0.0966. The van der Waals surface area contributed by atoms with Gasteiger partial charge in [0.25, 0.3) is 0 Å². The van der Waals surface area contributed by atoms with Crippen molar-refractivity contribution in [1.82, 2.24) is 5.32 Å². The quantitative estimate of drug-likeness (QED) is 0.792. The molecule has 25 heavy (non-hydrogen) atoms. The maximum Gasteiger partial charge on any atom is 0.193 e. The van der Waals surface area contributed by atoms with Crippen molar-refractivity contribution < 1.29 is 13.9 Å². The van der Waals surface area contributed by atoms with Gasteiger partial charge in [0.05, 0.1) is 12.0 Å². The first kappa shape index (κ1) is 15.9. The second-order valence-electron chi connectivity index (χ2n) is 6.08. The molecule has 1 N–H and O–H groups in total. The average Bonchev–Trinajstić information content (AvgIpc) is 2.65. The maximum absolute atomic E-state index is 12.5. The second-order valence-corrected chi connectivity index (χ2v) is 6.08. The molecule has 0 aliphatic carbocycles. The molecule has 1 fully saturated rings. The highest BCUT2D eigenvalue weighted by atomic mass is 16.5. The van der Waals surface area contributed by atoms with Crippen molar-refractivity contribution in [3.8, 4) is 11.5 Å². The Morgan fingerprint density at radius 1 is 1.12 bits per heavy atom. The number of ether oxygens (including phenoxy) is 2. The van der Waals surface area contributed by atoms with E-state index in [2.05, 4.69) is 5.32 Å². The summed E-state index contributed by atoms with van der Waals surface area (Å²) in [5.74, 6) is 1.78. The largest absolute Gasteiger partial charge is 0.454 e. The standard InChI is InChI=1S/C20H19NO4/c1-13-5-2-3-7-16(13)24-17-8-4-6-14-15(22)11-18(25-20(14)17)19-12-21-9-10-23-19/h2-8,11,19,21H,9-10,12H2,1H3. The third-order valence-electron chi connectivity index (χ3n) is 4.30. The Balaban J connectivity index is 1.80.